The largest absolute Gasteiger partial charge is 0.409 e. The maximum absolute atomic E-state index is 11.8. The second-order valence-electron chi connectivity index (χ2n) is 6.75. The molecule has 1 unspecified atom stereocenters. The molecule has 5 heteroatoms. The van der Waals surface area contributed by atoms with Crippen molar-refractivity contribution in [1.29, 1.82) is 0 Å². The molecule has 0 aliphatic carbocycles. The number of nitrogens with two attached hydrogens (primary N) is 1. The monoisotopic (exact) mass is 402 g/mol. The predicted octanol–water partition coefficient (Wildman–Crippen LogP) is 4.63. The summed E-state index contributed by atoms with van der Waals surface area (Å²) in [5.41, 5.74) is 8.50. The zero-order valence-corrected chi connectivity index (χ0v) is 16.9. The van der Waals surface area contributed by atoms with Gasteiger partial charge in [-0.05, 0) is 16.7 Å². The molecule has 1 heterocycles. The van der Waals surface area contributed by atoms with E-state index < -0.39 is 11.0 Å². The zero-order valence-electron chi connectivity index (χ0n) is 16.1. The topological polar surface area (TPSA) is 55.6 Å². The summed E-state index contributed by atoms with van der Waals surface area (Å²) in [7, 11) is 0. The molecule has 2 N–H and O–H groups in total. The minimum atomic E-state index is -0.770. The molecule has 4 rings (SSSR count). The SMILES string of the molecule is CC(=O)OC1=CSC(N)N1C(c1ccccc1)(c1ccccc1)c1ccccc1. The van der Waals surface area contributed by atoms with Crippen molar-refractivity contribution >= 4 is 17.7 Å². The third kappa shape index (κ3) is 3.43. The Bertz CT molecular complexity index is 910. The van der Waals surface area contributed by atoms with E-state index in [9.17, 15) is 4.79 Å². The van der Waals surface area contributed by atoms with Gasteiger partial charge in [-0.25, -0.2) is 0 Å². The molecule has 4 nitrogen and oxygen atoms in total. The first-order chi connectivity index (χ1) is 14.1. The summed E-state index contributed by atoms with van der Waals surface area (Å²) in [6.07, 6.45) is 0. The third-order valence-electron chi connectivity index (χ3n) is 4.98. The highest BCUT2D eigenvalue weighted by Gasteiger charge is 2.48. The number of nitrogens with zero attached hydrogens (tertiary/aromatic N) is 1. The molecule has 0 bridgehead atoms. The molecular formula is C24H22N2O2S. The minimum Gasteiger partial charge on any atom is -0.409 e. The Morgan fingerprint density at radius 3 is 1.66 bits per heavy atom. The maximum Gasteiger partial charge on any atom is 0.309 e. The molecule has 3 aromatic rings. The normalized spacial score (nSPS) is 16.4. The molecule has 0 radical (unpaired) electrons. The van der Waals surface area contributed by atoms with Crippen molar-refractivity contribution in [3.05, 3.63) is 119 Å². The Hall–Kier alpha value is -3.02. The van der Waals surface area contributed by atoms with Crippen molar-refractivity contribution in [3.63, 3.8) is 0 Å². The zero-order chi connectivity index (χ0) is 20.3. The lowest BCUT2D eigenvalue weighted by Gasteiger charge is -2.46. The van der Waals surface area contributed by atoms with Gasteiger partial charge in [0.25, 0.3) is 0 Å². The minimum absolute atomic E-state index is 0.376. The summed E-state index contributed by atoms with van der Waals surface area (Å²) >= 11 is 1.43. The van der Waals surface area contributed by atoms with Gasteiger partial charge in [0.15, 0.2) is 0 Å². The smallest absolute Gasteiger partial charge is 0.309 e. The third-order valence-corrected chi connectivity index (χ3v) is 5.81. The Morgan fingerprint density at radius 2 is 1.28 bits per heavy atom. The maximum atomic E-state index is 11.8. The Kier molecular flexibility index (Phi) is 5.43. The molecule has 1 aliphatic rings. The van der Waals surface area contributed by atoms with Gasteiger partial charge in [-0.15, -0.1) is 0 Å². The van der Waals surface area contributed by atoms with Crippen LogP contribution in [0.3, 0.4) is 0 Å². The molecule has 1 aliphatic heterocycles. The number of thioether (sulfide) groups is 1. The van der Waals surface area contributed by atoms with Crippen molar-refractivity contribution in [2.24, 2.45) is 5.73 Å². The average molecular weight is 403 g/mol. The van der Waals surface area contributed by atoms with Crippen LogP contribution >= 0.6 is 11.8 Å². The van der Waals surface area contributed by atoms with E-state index in [1.54, 1.807) is 0 Å². The van der Waals surface area contributed by atoms with Crippen molar-refractivity contribution in [3.8, 4) is 0 Å². The van der Waals surface area contributed by atoms with Crippen molar-refractivity contribution in [2.75, 3.05) is 0 Å². The molecule has 1 atom stereocenters. The molecule has 0 aromatic heterocycles. The number of benzene rings is 3. The fraction of sp³-hybridized carbons (Fsp3) is 0.125. The fourth-order valence-corrected chi connectivity index (χ4v) is 4.70. The summed E-state index contributed by atoms with van der Waals surface area (Å²) in [4.78, 5) is 13.8. The molecule has 3 aromatic carbocycles. The molecule has 0 fully saturated rings. The number of hydrogen-bond donors (Lipinski definition) is 1. The first-order valence-corrected chi connectivity index (χ1v) is 10.3. The van der Waals surface area contributed by atoms with E-state index in [-0.39, 0.29) is 5.97 Å². The van der Waals surface area contributed by atoms with E-state index in [0.29, 0.717) is 5.88 Å². The molecule has 0 amide bonds. The van der Waals surface area contributed by atoms with Crippen LogP contribution in [0, 0.1) is 0 Å². The van der Waals surface area contributed by atoms with Crippen LogP contribution in [0.15, 0.2) is 102 Å². The second kappa shape index (κ2) is 8.15. The van der Waals surface area contributed by atoms with Crippen LogP contribution in [0.25, 0.3) is 0 Å². The van der Waals surface area contributed by atoms with Gasteiger partial charge < -0.3 is 10.5 Å². The van der Waals surface area contributed by atoms with Crippen LogP contribution in [0.5, 0.6) is 0 Å². The fourth-order valence-electron chi connectivity index (χ4n) is 3.90. The molecule has 0 saturated carbocycles. The van der Waals surface area contributed by atoms with E-state index in [2.05, 4.69) is 36.4 Å². The van der Waals surface area contributed by atoms with Gasteiger partial charge in [-0.1, -0.05) is 103 Å². The Morgan fingerprint density at radius 1 is 0.862 bits per heavy atom. The van der Waals surface area contributed by atoms with E-state index in [1.807, 2.05) is 64.9 Å². The Labute approximate surface area is 175 Å². The lowest BCUT2D eigenvalue weighted by atomic mass is 9.75. The second-order valence-corrected chi connectivity index (χ2v) is 7.75. The highest BCUT2D eigenvalue weighted by atomic mass is 32.2. The van der Waals surface area contributed by atoms with Gasteiger partial charge in [0.05, 0.1) is 0 Å². The van der Waals surface area contributed by atoms with Crippen LogP contribution in [0.4, 0.5) is 0 Å². The first-order valence-electron chi connectivity index (χ1n) is 9.39. The van der Waals surface area contributed by atoms with Crippen molar-refractivity contribution in [2.45, 2.75) is 18.0 Å². The number of hydrogen-bond acceptors (Lipinski definition) is 5. The summed E-state index contributed by atoms with van der Waals surface area (Å²) in [5, 5.41) is 1.82. The highest BCUT2D eigenvalue weighted by molar-refractivity contribution is 8.02. The predicted molar refractivity (Wildman–Crippen MR) is 116 cm³/mol. The van der Waals surface area contributed by atoms with E-state index >= 15 is 0 Å². The lowest BCUT2D eigenvalue weighted by molar-refractivity contribution is -0.140. The Balaban J connectivity index is 2.06. The van der Waals surface area contributed by atoms with Crippen molar-refractivity contribution in [1.82, 2.24) is 4.90 Å². The molecule has 0 saturated heterocycles. The van der Waals surface area contributed by atoms with Crippen LogP contribution in [-0.4, -0.2) is 16.4 Å². The quantitative estimate of drug-likeness (QED) is 0.498. The average Bonchev–Trinajstić information content (AvgIpc) is 3.11. The highest BCUT2D eigenvalue weighted by Crippen LogP contribution is 2.48. The van der Waals surface area contributed by atoms with E-state index in [0.717, 1.165) is 16.7 Å². The molecule has 0 spiro atoms. The lowest BCUT2D eigenvalue weighted by Crippen LogP contribution is -2.53. The number of carbonyl (C=O) groups is 1. The van der Waals surface area contributed by atoms with Gasteiger partial charge in [0.2, 0.25) is 5.88 Å². The van der Waals surface area contributed by atoms with Crippen LogP contribution in [0.2, 0.25) is 0 Å². The summed E-state index contributed by atoms with van der Waals surface area (Å²) in [6, 6.07) is 30.6. The van der Waals surface area contributed by atoms with Crippen molar-refractivity contribution < 1.29 is 9.53 Å². The molecular weight excluding hydrogens is 380 g/mol. The van der Waals surface area contributed by atoms with E-state index in [1.165, 1.54) is 18.7 Å². The van der Waals surface area contributed by atoms with Gasteiger partial charge in [0, 0.05) is 12.3 Å². The standard InChI is InChI=1S/C24H22N2O2S/c1-18(27)28-22-17-29-23(25)26(22)24(19-11-5-2-6-12-19,20-13-7-3-8-14-20)21-15-9-4-10-16-21/h2-17,23H,25H2,1H3. The molecule has 29 heavy (non-hydrogen) atoms. The van der Waals surface area contributed by atoms with E-state index in [4.69, 9.17) is 10.5 Å². The number of carbonyl (C=O) groups excluding carboxylic acids is 1. The number of ether oxygens (including phenoxy) is 1. The summed E-state index contributed by atoms with van der Waals surface area (Å²) in [5.74, 6) is 0.0746. The number of rotatable bonds is 5. The first kappa shape index (κ1) is 19.3. The van der Waals surface area contributed by atoms with Gasteiger partial charge in [-0.2, -0.15) is 0 Å². The van der Waals surface area contributed by atoms with Crippen LogP contribution in [-0.2, 0) is 15.1 Å². The van der Waals surface area contributed by atoms with Crippen LogP contribution in [0.1, 0.15) is 23.6 Å². The molecule has 146 valence electrons. The van der Waals surface area contributed by atoms with Gasteiger partial charge >= 0.3 is 5.97 Å². The number of esters is 1. The van der Waals surface area contributed by atoms with Gasteiger partial charge in [-0.3, -0.25) is 9.69 Å². The summed E-state index contributed by atoms with van der Waals surface area (Å²) in [6.45, 7) is 1.41. The summed E-state index contributed by atoms with van der Waals surface area (Å²) < 4.78 is 5.61. The van der Waals surface area contributed by atoms with Crippen LogP contribution < -0.4 is 5.73 Å². The van der Waals surface area contributed by atoms with Gasteiger partial charge in [0.1, 0.15) is 11.0 Å².